The minimum absolute atomic E-state index is 0.0649. The van der Waals surface area contributed by atoms with E-state index < -0.39 is 12.1 Å². The summed E-state index contributed by atoms with van der Waals surface area (Å²) in [4.78, 5) is 26.8. The third-order valence-electron chi connectivity index (χ3n) is 5.40. The Balaban J connectivity index is 1.53. The monoisotopic (exact) mass is 346 g/mol. The van der Waals surface area contributed by atoms with E-state index in [1.165, 1.54) is 6.42 Å². The second kappa shape index (κ2) is 6.08. The summed E-state index contributed by atoms with van der Waals surface area (Å²) in [5.41, 5.74) is 6.92. The maximum atomic E-state index is 12.9. The standard InChI is InChI=1S/C18H22N2O3S/c19-13-15(21)20-14(17(22)23-11-12-7-3-1-4-8-12)18(24-16(13)20)9-5-2-6-10-18/h1,3-4,7-8,13-14,16H,2,5-6,9-11,19H2/t13?,14?,16-/m0/s1. The van der Waals surface area contributed by atoms with Crippen LogP contribution in [0.4, 0.5) is 0 Å². The number of nitrogens with two attached hydrogens (primary N) is 1. The van der Waals surface area contributed by atoms with Crippen LogP contribution < -0.4 is 5.73 Å². The molecule has 3 aliphatic rings. The normalized spacial score (nSPS) is 30.8. The van der Waals surface area contributed by atoms with Crippen molar-refractivity contribution in [3.63, 3.8) is 0 Å². The van der Waals surface area contributed by atoms with Crippen LogP contribution in [0.3, 0.4) is 0 Å². The number of carbonyl (C=O) groups is 2. The topological polar surface area (TPSA) is 72.6 Å². The van der Waals surface area contributed by atoms with Gasteiger partial charge in [0.2, 0.25) is 5.91 Å². The van der Waals surface area contributed by atoms with Crippen molar-refractivity contribution in [2.75, 3.05) is 0 Å². The number of hydrogen-bond donors (Lipinski definition) is 1. The zero-order valence-corrected chi connectivity index (χ0v) is 14.3. The molecule has 0 bridgehead atoms. The number of esters is 1. The van der Waals surface area contributed by atoms with E-state index in [1.54, 1.807) is 16.7 Å². The highest BCUT2D eigenvalue weighted by Gasteiger charge is 2.66. The number of carbonyl (C=O) groups excluding carboxylic acids is 2. The summed E-state index contributed by atoms with van der Waals surface area (Å²) in [6.45, 7) is 0.246. The first-order valence-corrected chi connectivity index (χ1v) is 9.46. The van der Waals surface area contributed by atoms with Crippen molar-refractivity contribution in [2.24, 2.45) is 5.73 Å². The number of rotatable bonds is 3. The predicted molar refractivity (Wildman–Crippen MR) is 92.0 cm³/mol. The lowest BCUT2D eigenvalue weighted by atomic mass is 9.81. The number of amides is 1. The molecule has 128 valence electrons. The highest BCUT2D eigenvalue weighted by atomic mass is 32.2. The third kappa shape index (κ3) is 2.43. The Hall–Kier alpha value is -1.53. The molecule has 2 unspecified atom stereocenters. The van der Waals surface area contributed by atoms with Crippen molar-refractivity contribution in [3.05, 3.63) is 35.9 Å². The molecule has 1 spiro atoms. The largest absolute Gasteiger partial charge is 0.459 e. The number of hydrogen-bond acceptors (Lipinski definition) is 5. The molecule has 1 aromatic carbocycles. The summed E-state index contributed by atoms with van der Waals surface area (Å²) in [5.74, 6) is -0.396. The summed E-state index contributed by atoms with van der Waals surface area (Å²) in [6, 6.07) is 8.68. The predicted octanol–water partition coefficient (Wildman–Crippen LogP) is 2.04. The molecule has 2 N–H and O–H groups in total. The quantitative estimate of drug-likeness (QED) is 0.670. The molecule has 6 heteroatoms. The SMILES string of the molecule is NC1C(=O)N2C(C(=O)OCc3ccccc3)C3(CCCCC3)S[C@@H]12. The van der Waals surface area contributed by atoms with Crippen molar-refractivity contribution >= 4 is 23.6 Å². The minimum Gasteiger partial charge on any atom is -0.459 e. The van der Waals surface area contributed by atoms with Crippen LogP contribution in [0.15, 0.2) is 30.3 Å². The highest BCUT2D eigenvalue weighted by Crippen LogP contribution is 2.56. The lowest BCUT2D eigenvalue weighted by molar-refractivity contribution is -0.164. The van der Waals surface area contributed by atoms with Gasteiger partial charge in [-0.1, -0.05) is 49.6 Å². The van der Waals surface area contributed by atoms with Crippen LogP contribution in [-0.4, -0.2) is 39.0 Å². The van der Waals surface area contributed by atoms with Gasteiger partial charge in [-0.3, -0.25) is 4.79 Å². The van der Waals surface area contributed by atoms with Crippen LogP contribution in [-0.2, 0) is 20.9 Å². The summed E-state index contributed by atoms with van der Waals surface area (Å²) in [5, 5.41) is -0.0649. The Morgan fingerprint density at radius 2 is 1.96 bits per heavy atom. The van der Waals surface area contributed by atoms with Gasteiger partial charge in [-0.15, -0.1) is 11.8 Å². The van der Waals surface area contributed by atoms with Gasteiger partial charge in [0, 0.05) is 4.75 Å². The number of β-lactam (4-membered cyclic amide) rings is 1. The fraction of sp³-hybridized carbons (Fsp3) is 0.556. The van der Waals surface area contributed by atoms with Crippen LogP contribution in [0, 0.1) is 0 Å². The molecule has 1 aliphatic carbocycles. The Kier molecular flexibility index (Phi) is 4.04. The van der Waals surface area contributed by atoms with Crippen LogP contribution in [0.5, 0.6) is 0 Å². The van der Waals surface area contributed by atoms with Gasteiger partial charge in [0.25, 0.3) is 0 Å². The van der Waals surface area contributed by atoms with Crippen molar-refractivity contribution in [1.82, 2.24) is 4.90 Å². The van der Waals surface area contributed by atoms with E-state index in [1.807, 2.05) is 30.3 Å². The molecular weight excluding hydrogens is 324 g/mol. The number of thioether (sulfide) groups is 1. The molecule has 0 radical (unpaired) electrons. The molecule has 1 aromatic rings. The molecule has 0 aromatic heterocycles. The molecular formula is C18H22N2O3S. The van der Waals surface area contributed by atoms with E-state index in [2.05, 4.69) is 0 Å². The summed E-state index contributed by atoms with van der Waals surface area (Å²) >= 11 is 1.73. The van der Waals surface area contributed by atoms with Gasteiger partial charge in [0.05, 0.1) is 0 Å². The van der Waals surface area contributed by atoms with Gasteiger partial charge in [-0.2, -0.15) is 0 Å². The maximum absolute atomic E-state index is 12.9. The third-order valence-corrected chi connectivity index (χ3v) is 7.26. The lowest BCUT2D eigenvalue weighted by Crippen LogP contribution is -2.69. The first-order valence-electron chi connectivity index (χ1n) is 8.58. The van der Waals surface area contributed by atoms with E-state index in [0.717, 1.165) is 31.2 Å². The van der Waals surface area contributed by atoms with E-state index in [0.29, 0.717) is 0 Å². The molecule has 24 heavy (non-hydrogen) atoms. The van der Waals surface area contributed by atoms with Crippen molar-refractivity contribution in [2.45, 2.75) is 60.9 Å². The van der Waals surface area contributed by atoms with Crippen LogP contribution in [0.25, 0.3) is 0 Å². The Bertz CT molecular complexity index is 645. The summed E-state index contributed by atoms with van der Waals surface area (Å²) < 4.78 is 5.38. The van der Waals surface area contributed by atoms with E-state index in [-0.39, 0.29) is 28.6 Å². The van der Waals surface area contributed by atoms with Gasteiger partial charge in [-0.25, -0.2) is 4.79 Å². The van der Waals surface area contributed by atoms with Crippen LogP contribution >= 0.6 is 11.8 Å². The van der Waals surface area contributed by atoms with Gasteiger partial charge >= 0.3 is 5.97 Å². The van der Waals surface area contributed by atoms with Crippen LogP contribution in [0.1, 0.15) is 37.7 Å². The summed E-state index contributed by atoms with van der Waals surface area (Å²) in [6.07, 6.45) is 5.29. The highest BCUT2D eigenvalue weighted by molar-refractivity contribution is 8.01. The van der Waals surface area contributed by atoms with Gasteiger partial charge in [-0.05, 0) is 18.4 Å². The van der Waals surface area contributed by atoms with Crippen LogP contribution in [0.2, 0.25) is 0 Å². The Labute approximate surface area is 145 Å². The van der Waals surface area contributed by atoms with Crippen molar-refractivity contribution < 1.29 is 14.3 Å². The zero-order valence-electron chi connectivity index (χ0n) is 13.5. The molecule has 5 nitrogen and oxygen atoms in total. The molecule has 2 aliphatic heterocycles. The number of nitrogens with zero attached hydrogens (tertiary/aromatic N) is 1. The molecule has 4 rings (SSSR count). The Morgan fingerprint density at radius 3 is 2.67 bits per heavy atom. The first kappa shape index (κ1) is 16.0. The van der Waals surface area contributed by atoms with Crippen molar-refractivity contribution in [1.29, 1.82) is 0 Å². The molecule has 1 amide bonds. The molecule has 3 fully saturated rings. The van der Waals surface area contributed by atoms with Crippen molar-refractivity contribution in [3.8, 4) is 0 Å². The lowest BCUT2D eigenvalue weighted by Gasteiger charge is -2.42. The smallest absolute Gasteiger partial charge is 0.330 e. The fourth-order valence-corrected chi connectivity index (χ4v) is 6.10. The first-order chi connectivity index (χ1) is 11.6. The molecule has 2 heterocycles. The second-order valence-electron chi connectivity index (χ2n) is 6.90. The van der Waals surface area contributed by atoms with Gasteiger partial charge < -0.3 is 15.4 Å². The number of benzene rings is 1. The molecule has 1 saturated carbocycles. The Morgan fingerprint density at radius 1 is 1.25 bits per heavy atom. The van der Waals surface area contributed by atoms with Gasteiger partial charge in [0.15, 0.2) is 0 Å². The van der Waals surface area contributed by atoms with E-state index in [4.69, 9.17) is 10.5 Å². The number of fused-ring (bicyclic) bond motifs is 1. The zero-order chi connectivity index (χ0) is 16.7. The average molecular weight is 346 g/mol. The summed E-state index contributed by atoms with van der Waals surface area (Å²) in [7, 11) is 0. The van der Waals surface area contributed by atoms with Gasteiger partial charge in [0.1, 0.15) is 24.1 Å². The minimum atomic E-state index is -0.483. The molecule has 3 atom stereocenters. The second-order valence-corrected chi connectivity index (χ2v) is 8.43. The number of ether oxygens (including phenoxy) is 1. The fourth-order valence-electron chi connectivity index (χ4n) is 4.15. The average Bonchev–Trinajstić information content (AvgIpc) is 2.92. The van der Waals surface area contributed by atoms with E-state index >= 15 is 0 Å². The molecule has 2 saturated heterocycles. The van der Waals surface area contributed by atoms with E-state index in [9.17, 15) is 9.59 Å². The maximum Gasteiger partial charge on any atom is 0.330 e.